The molecule has 0 bridgehead atoms. The first-order chi connectivity index (χ1) is 8.55. The highest BCUT2D eigenvalue weighted by molar-refractivity contribution is 7.09. The standard InChI is InChI=1S/C14H19N3S/c1-14(2,3)12-10-18-13(17-12)9-16-8-11-4-6-15-7-5-11/h4-7,10,16H,8-9H2,1-3H3. The van der Waals surface area contributed by atoms with Crippen LogP contribution in [0.4, 0.5) is 0 Å². The number of hydrogen-bond donors (Lipinski definition) is 1. The van der Waals surface area contributed by atoms with Crippen molar-refractivity contribution in [3.63, 3.8) is 0 Å². The Labute approximate surface area is 112 Å². The molecular formula is C14H19N3S. The van der Waals surface area contributed by atoms with Gasteiger partial charge in [-0.05, 0) is 17.7 Å². The van der Waals surface area contributed by atoms with Crippen LogP contribution >= 0.6 is 11.3 Å². The molecule has 4 heteroatoms. The van der Waals surface area contributed by atoms with Crippen LogP contribution in [0.5, 0.6) is 0 Å². The van der Waals surface area contributed by atoms with E-state index in [0.717, 1.165) is 18.1 Å². The van der Waals surface area contributed by atoms with Crippen molar-refractivity contribution in [1.29, 1.82) is 0 Å². The second-order valence-electron chi connectivity index (χ2n) is 5.34. The van der Waals surface area contributed by atoms with Gasteiger partial charge in [0.1, 0.15) is 5.01 Å². The minimum absolute atomic E-state index is 0.139. The van der Waals surface area contributed by atoms with E-state index in [0.29, 0.717) is 0 Å². The predicted molar refractivity (Wildman–Crippen MR) is 75.6 cm³/mol. The number of nitrogens with zero attached hydrogens (tertiary/aromatic N) is 2. The van der Waals surface area contributed by atoms with E-state index in [1.165, 1.54) is 11.3 Å². The molecule has 3 nitrogen and oxygen atoms in total. The Hall–Kier alpha value is -1.26. The first-order valence-corrected chi connectivity index (χ1v) is 6.98. The van der Waals surface area contributed by atoms with E-state index >= 15 is 0 Å². The molecule has 0 aliphatic rings. The summed E-state index contributed by atoms with van der Waals surface area (Å²) in [6.07, 6.45) is 3.64. The Morgan fingerprint density at radius 1 is 1.17 bits per heavy atom. The molecule has 2 aromatic heterocycles. The number of pyridine rings is 1. The Bertz CT molecular complexity index is 485. The lowest BCUT2D eigenvalue weighted by Gasteiger charge is -2.14. The maximum atomic E-state index is 4.66. The molecule has 0 aliphatic carbocycles. The monoisotopic (exact) mass is 261 g/mol. The Morgan fingerprint density at radius 2 is 1.89 bits per heavy atom. The summed E-state index contributed by atoms with van der Waals surface area (Å²) in [6, 6.07) is 4.05. The summed E-state index contributed by atoms with van der Waals surface area (Å²) >= 11 is 1.73. The number of rotatable bonds is 4. The summed E-state index contributed by atoms with van der Waals surface area (Å²) in [5.41, 5.74) is 2.56. The van der Waals surface area contributed by atoms with Crippen molar-refractivity contribution in [2.24, 2.45) is 0 Å². The molecule has 2 heterocycles. The zero-order valence-corrected chi connectivity index (χ0v) is 11.9. The van der Waals surface area contributed by atoms with Gasteiger partial charge in [-0.3, -0.25) is 4.98 Å². The van der Waals surface area contributed by atoms with Gasteiger partial charge in [-0.25, -0.2) is 4.98 Å². The fourth-order valence-electron chi connectivity index (χ4n) is 1.55. The molecule has 2 aromatic rings. The maximum absolute atomic E-state index is 4.66. The van der Waals surface area contributed by atoms with Gasteiger partial charge in [-0.15, -0.1) is 11.3 Å². The fraction of sp³-hybridized carbons (Fsp3) is 0.429. The maximum Gasteiger partial charge on any atom is 0.107 e. The fourth-order valence-corrected chi connectivity index (χ4v) is 2.54. The van der Waals surface area contributed by atoms with E-state index in [-0.39, 0.29) is 5.41 Å². The average Bonchev–Trinajstić information content (AvgIpc) is 2.79. The Balaban J connectivity index is 1.86. The topological polar surface area (TPSA) is 37.8 Å². The van der Waals surface area contributed by atoms with E-state index in [1.807, 2.05) is 24.5 Å². The molecular weight excluding hydrogens is 242 g/mol. The molecule has 0 atom stereocenters. The third-order valence-corrected chi connectivity index (χ3v) is 3.52. The van der Waals surface area contributed by atoms with Crippen molar-refractivity contribution in [1.82, 2.24) is 15.3 Å². The molecule has 0 saturated heterocycles. The highest BCUT2D eigenvalue weighted by Gasteiger charge is 2.16. The van der Waals surface area contributed by atoms with Crippen molar-refractivity contribution in [3.05, 3.63) is 46.2 Å². The molecule has 18 heavy (non-hydrogen) atoms. The Morgan fingerprint density at radius 3 is 2.50 bits per heavy atom. The van der Waals surface area contributed by atoms with Crippen LogP contribution in [0.2, 0.25) is 0 Å². The first-order valence-electron chi connectivity index (χ1n) is 6.10. The molecule has 96 valence electrons. The molecule has 0 aliphatic heterocycles. The van der Waals surface area contributed by atoms with E-state index in [9.17, 15) is 0 Å². The largest absolute Gasteiger partial charge is 0.306 e. The summed E-state index contributed by atoms with van der Waals surface area (Å²) in [7, 11) is 0. The van der Waals surface area contributed by atoms with Gasteiger partial charge in [0.25, 0.3) is 0 Å². The minimum atomic E-state index is 0.139. The summed E-state index contributed by atoms with van der Waals surface area (Å²) in [5.74, 6) is 0. The van der Waals surface area contributed by atoms with Gasteiger partial charge in [0.15, 0.2) is 0 Å². The van der Waals surface area contributed by atoms with Crippen LogP contribution in [0.1, 0.15) is 37.0 Å². The first kappa shape index (κ1) is 13.2. The van der Waals surface area contributed by atoms with Crippen molar-refractivity contribution >= 4 is 11.3 Å². The SMILES string of the molecule is CC(C)(C)c1csc(CNCc2ccncc2)n1. The number of thiazole rings is 1. The lowest BCUT2D eigenvalue weighted by Crippen LogP contribution is -2.14. The van der Waals surface area contributed by atoms with Crippen LogP contribution in [0.15, 0.2) is 29.9 Å². The van der Waals surface area contributed by atoms with E-state index in [2.05, 4.69) is 41.4 Å². The molecule has 0 spiro atoms. The number of aromatic nitrogens is 2. The molecule has 2 rings (SSSR count). The molecule has 0 fully saturated rings. The summed E-state index contributed by atoms with van der Waals surface area (Å²) < 4.78 is 0. The van der Waals surface area contributed by atoms with Crippen LogP contribution in [0, 0.1) is 0 Å². The van der Waals surface area contributed by atoms with E-state index in [4.69, 9.17) is 0 Å². The number of nitrogens with one attached hydrogen (secondary N) is 1. The number of hydrogen-bond acceptors (Lipinski definition) is 4. The highest BCUT2D eigenvalue weighted by Crippen LogP contribution is 2.23. The quantitative estimate of drug-likeness (QED) is 0.919. The lowest BCUT2D eigenvalue weighted by molar-refractivity contribution is 0.568. The molecule has 1 N–H and O–H groups in total. The van der Waals surface area contributed by atoms with Crippen molar-refractivity contribution in [3.8, 4) is 0 Å². The third kappa shape index (κ3) is 3.62. The normalized spacial score (nSPS) is 11.7. The summed E-state index contributed by atoms with van der Waals surface area (Å²) in [5, 5.41) is 6.71. The molecule has 0 unspecified atom stereocenters. The van der Waals surface area contributed by atoms with Gasteiger partial charge in [0.2, 0.25) is 0 Å². The average molecular weight is 261 g/mol. The summed E-state index contributed by atoms with van der Waals surface area (Å²) in [6.45, 7) is 8.25. The van der Waals surface area contributed by atoms with Crippen LogP contribution < -0.4 is 5.32 Å². The van der Waals surface area contributed by atoms with Gasteiger partial charge in [0.05, 0.1) is 5.69 Å². The second-order valence-corrected chi connectivity index (χ2v) is 6.28. The predicted octanol–water partition coefficient (Wildman–Crippen LogP) is 3.13. The molecule has 0 saturated carbocycles. The lowest BCUT2D eigenvalue weighted by atomic mass is 9.93. The van der Waals surface area contributed by atoms with Crippen LogP contribution in [0.25, 0.3) is 0 Å². The van der Waals surface area contributed by atoms with E-state index < -0.39 is 0 Å². The smallest absolute Gasteiger partial charge is 0.107 e. The molecule has 0 aromatic carbocycles. The van der Waals surface area contributed by atoms with Gasteiger partial charge in [0, 0.05) is 36.3 Å². The zero-order valence-electron chi connectivity index (χ0n) is 11.1. The summed E-state index contributed by atoms with van der Waals surface area (Å²) in [4.78, 5) is 8.66. The second kappa shape index (κ2) is 5.59. The van der Waals surface area contributed by atoms with Gasteiger partial charge < -0.3 is 5.32 Å². The van der Waals surface area contributed by atoms with Crippen molar-refractivity contribution in [2.45, 2.75) is 39.3 Å². The van der Waals surface area contributed by atoms with Crippen LogP contribution in [0.3, 0.4) is 0 Å². The minimum Gasteiger partial charge on any atom is -0.306 e. The van der Waals surface area contributed by atoms with Crippen LogP contribution in [-0.4, -0.2) is 9.97 Å². The highest BCUT2D eigenvalue weighted by atomic mass is 32.1. The molecule has 0 radical (unpaired) electrons. The van der Waals surface area contributed by atoms with E-state index in [1.54, 1.807) is 11.3 Å². The third-order valence-electron chi connectivity index (χ3n) is 2.67. The van der Waals surface area contributed by atoms with Gasteiger partial charge in [-0.2, -0.15) is 0 Å². The van der Waals surface area contributed by atoms with Gasteiger partial charge in [-0.1, -0.05) is 20.8 Å². The Kier molecular flexibility index (Phi) is 4.09. The van der Waals surface area contributed by atoms with Crippen molar-refractivity contribution in [2.75, 3.05) is 0 Å². The van der Waals surface area contributed by atoms with Crippen molar-refractivity contribution < 1.29 is 0 Å². The van der Waals surface area contributed by atoms with Gasteiger partial charge >= 0.3 is 0 Å². The zero-order chi connectivity index (χ0) is 13.0. The van der Waals surface area contributed by atoms with Crippen LogP contribution in [-0.2, 0) is 18.5 Å². The molecule has 0 amide bonds.